The highest BCUT2D eigenvalue weighted by atomic mass is 35.5. The predicted molar refractivity (Wildman–Crippen MR) is 147 cm³/mol. The van der Waals surface area contributed by atoms with Crippen LogP contribution in [0.4, 0.5) is 11.4 Å². The van der Waals surface area contributed by atoms with E-state index >= 15 is 0 Å². The van der Waals surface area contributed by atoms with Crippen molar-refractivity contribution in [1.29, 1.82) is 21.6 Å². The molecule has 0 saturated heterocycles. The Morgan fingerprint density at radius 1 is 0.543 bits per heavy atom. The summed E-state index contributed by atoms with van der Waals surface area (Å²) >= 11 is 11.7. The van der Waals surface area contributed by atoms with Crippen LogP contribution in [-0.2, 0) is 0 Å². The molecule has 0 fully saturated rings. The fourth-order valence-electron chi connectivity index (χ4n) is 2.79. The van der Waals surface area contributed by atoms with Crippen molar-refractivity contribution >= 4 is 58.4 Å². The molecule has 2 rings (SSSR count). The van der Waals surface area contributed by atoms with E-state index in [1.807, 2.05) is 0 Å². The lowest BCUT2D eigenvalue weighted by Gasteiger charge is -2.13. The van der Waals surface area contributed by atoms with E-state index in [-0.39, 0.29) is 30.0 Å². The summed E-state index contributed by atoms with van der Waals surface area (Å²) in [5.41, 5.74) is 1.42. The van der Waals surface area contributed by atoms with Gasteiger partial charge in [-0.1, -0.05) is 36.0 Å². The van der Waals surface area contributed by atoms with Crippen LogP contribution in [0.1, 0.15) is 25.7 Å². The van der Waals surface area contributed by atoms with Gasteiger partial charge in [-0.15, -0.1) is 0 Å². The van der Waals surface area contributed by atoms with Crippen LogP contribution < -0.4 is 38.1 Å². The normalized spacial score (nSPS) is 9.77. The molecule has 0 aliphatic rings. The average Bonchev–Trinajstić information content (AvgIpc) is 2.78. The molecule has 2 aromatic carbocycles. The Morgan fingerprint density at radius 3 is 1.23 bits per heavy atom. The van der Waals surface area contributed by atoms with Crippen LogP contribution in [0.15, 0.2) is 48.5 Å². The summed E-state index contributed by atoms with van der Waals surface area (Å²) in [5.74, 6) is 0.112. The summed E-state index contributed by atoms with van der Waals surface area (Å²) in [5, 5.41) is 49.5. The summed E-state index contributed by atoms with van der Waals surface area (Å²) in [6.45, 7) is 1.25. The minimum Gasteiger partial charge on any atom is -0.356 e. The van der Waals surface area contributed by atoms with Gasteiger partial charge in [-0.05, 0) is 61.4 Å². The number of benzene rings is 2. The first-order chi connectivity index (χ1) is 16.3. The van der Waals surface area contributed by atoms with Crippen molar-refractivity contribution in [2.24, 2.45) is 0 Å². The molecule has 0 aliphatic heterocycles. The number of hydrogen-bond acceptors (Lipinski definition) is 5. The number of anilines is 2. The topological polar surface area (TPSA) is 203 Å². The number of guanidine groups is 4. The van der Waals surface area contributed by atoms with Crippen LogP contribution in [0.2, 0.25) is 10.0 Å². The fraction of sp³-hybridized carbons (Fsp3) is 0.273. The average molecular weight is 522 g/mol. The highest BCUT2D eigenvalue weighted by Gasteiger charge is 2.03. The molecule has 13 heteroatoms. The van der Waals surface area contributed by atoms with Gasteiger partial charge < -0.3 is 27.4 Å². The van der Waals surface area contributed by atoms with Gasteiger partial charge in [0.25, 0.3) is 0 Å². The molecule has 190 valence electrons. The SMILES string of the molecule is N.N=C(NCCCCCCNC(=N)NC(=N)Nc1ccc(Cl)cc1)NC(=N)Nc1ccc(Cl)cc1. The highest BCUT2D eigenvalue weighted by molar-refractivity contribution is 6.31. The van der Waals surface area contributed by atoms with Crippen molar-refractivity contribution in [1.82, 2.24) is 27.4 Å². The maximum Gasteiger partial charge on any atom is 0.199 e. The molecule has 0 amide bonds. The Hall–Kier alpha value is -3.54. The lowest BCUT2D eigenvalue weighted by molar-refractivity contribution is 0.619. The van der Waals surface area contributed by atoms with Gasteiger partial charge >= 0.3 is 0 Å². The first kappa shape index (κ1) is 29.5. The Bertz CT molecular complexity index is 883. The molecule has 11 nitrogen and oxygen atoms in total. The Labute approximate surface area is 215 Å². The second kappa shape index (κ2) is 16.1. The first-order valence-corrected chi connectivity index (χ1v) is 11.5. The molecule has 0 radical (unpaired) electrons. The monoisotopic (exact) mass is 521 g/mol. The van der Waals surface area contributed by atoms with E-state index in [2.05, 4.69) is 31.9 Å². The molecule has 0 heterocycles. The fourth-order valence-corrected chi connectivity index (χ4v) is 3.04. The Morgan fingerprint density at radius 2 is 0.886 bits per heavy atom. The summed E-state index contributed by atoms with van der Waals surface area (Å²) < 4.78 is 0. The molecule has 0 bridgehead atoms. The zero-order valence-corrected chi connectivity index (χ0v) is 20.8. The van der Waals surface area contributed by atoms with Gasteiger partial charge in [0.05, 0.1) is 0 Å². The van der Waals surface area contributed by atoms with Gasteiger partial charge in [-0.2, -0.15) is 0 Å². The van der Waals surface area contributed by atoms with Crippen molar-refractivity contribution in [3.63, 3.8) is 0 Å². The molecule has 13 N–H and O–H groups in total. The Kier molecular flexibility index (Phi) is 13.6. The highest BCUT2D eigenvalue weighted by Crippen LogP contribution is 2.13. The van der Waals surface area contributed by atoms with E-state index in [0.29, 0.717) is 34.5 Å². The van der Waals surface area contributed by atoms with E-state index < -0.39 is 0 Å². The number of unbranched alkanes of at least 4 members (excludes halogenated alkanes) is 3. The zero-order valence-electron chi connectivity index (χ0n) is 19.3. The van der Waals surface area contributed by atoms with Crippen LogP contribution in [0, 0.1) is 21.6 Å². The third kappa shape index (κ3) is 13.1. The van der Waals surface area contributed by atoms with Crippen molar-refractivity contribution in [3.8, 4) is 0 Å². The van der Waals surface area contributed by atoms with Crippen molar-refractivity contribution in [2.75, 3.05) is 23.7 Å². The second-order valence-electron chi connectivity index (χ2n) is 7.28. The standard InChI is InChI=1S/C22H30Cl2N10.H3N/c23-15-5-9-17(10-6-15)31-21(27)33-19(25)29-13-3-1-2-4-14-30-20(26)34-22(28)32-18-11-7-16(24)8-12-18;/h5-12H,1-4,13-14H2,(H5,25,27,29,31,33)(H5,26,28,30,32,34);1H3. The van der Waals surface area contributed by atoms with Crippen LogP contribution in [0.5, 0.6) is 0 Å². The van der Waals surface area contributed by atoms with Crippen LogP contribution >= 0.6 is 23.2 Å². The maximum absolute atomic E-state index is 7.86. The van der Waals surface area contributed by atoms with E-state index in [1.165, 1.54) is 0 Å². The van der Waals surface area contributed by atoms with Crippen molar-refractivity contribution in [2.45, 2.75) is 25.7 Å². The van der Waals surface area contributed by atoms with E-state index in [0.717, 1.165) is 25.7 Å². The second-order valence-corrected chi connectivity index (χ2v) is 8.15. The van der Waals surface area contributed by atoms with Gasteiger partial charge in [0.1, 0.15) is 0 Å². The lowest BCUT2D eigenvalue weighted by Crippen LogP contribution is -2.43. The maximum atomic E-state index is 7.86. The van der Waals surface area contributed by atoms with Gasteiger partial charge in [-0.25, -0.2) is 0 Å². The molecule has 0 atom stereocenters. The summed E-state index contributed by atoms with van der Waals surface area (Å²) in [6.07, 6.45) is 3.70. The number of rotatable bonds is 9. The van der Waals surface area contributed by atoms with E-state index in [9.17, 15) is 0 Å². The van der Waals surface area contributed by atoms with Crippen LogP contribution in [0.25, 0.3) is 0 Å². The predicted octanol–water partition coefficient (Wildman–Crippen LogP) is 4.34. The summed E-state index contributed by atoms with van der Waals surface area (Å²) in [6, 6.07) is 13.9. The quantitative estimate of drug-likeness (QED) is 0.130. The van der Waals surface area contributed by atoms with Gasteiger partial charge in [-0.3, -0.25) is 32.3 Å². The van der Waals surface area contributed by atoms with Crippen molar-refractivity contribution < 1.29 is 0 Å². The molecule has 35 heavy (non-hydrogen) atoms. The molecule has 0 aromatic heterocycles. The first-order valence-electron chi connectivity index (χ1n) is 10.7. The molecular weight excluding hydrogens is 489 g/mol. The molecule has 2 aromatic rings. The van der Waals surface area contributed by atoms with Crippen LogP contribution in [0.3, 0.4) is 0 Å². The summed E-state index contributed by atoms with van der Waals surface area (Å²) in [7, 11) is 0. The molecule has 0 aliphatic carbocycles. The summed E-state index contributed by atoms with van der Waals surface area (Å²) in [4.78, 5) is 0. The van der Waals surface area contributed by atoms with Crippen LogP contribution in [-0.4, -0.2) is 36.9 Å². The molecule has 0 saturated carbocycles. The van der Waals surface area contributed by atoms with E-state index in [1.54, 1.807) is 48.5 Å². The van der Waals surface area contributed by atoms with Gasteiger partial charge in [0.2, 0.25) is 0 Å². The number of nitrogens with one attached hydrogen (secondary N) is 10. The molecule has 0 spiro atoms. The minimum absolute atomic E-state index is 0. The van der Waals surface area contributed by atoms with Gasteiger partial charge in [0, 0.05) is 34.5 Å². The largest absolute Gasteiger partial charge is 0.356 e. The third-order valence-corrected chi connectivity index (χ3v) is 4.94. The third-order valence-electron chi connectivity index (χ3n) is 4.43. The lowest BCUT2D eigenvalue weighted by atomic mass is 10.2. The van der Waals surface area contributed by atoms with Crippen molar-refractivity contribution in [3.05, 3.63) is 58.6 Å². The molecule has 0 unspecified atom stereocenters. The minimum atomic E-state index is -0.00148. The number of halogens is 2. The zero-order chi connectivity index (χ0) is 24.8. The van der Waals surface area contributed by atoms with Gasteiger partial charge in [0.15, 0.2) is 23.8 Å². The molecular formula is C22H33Cl2N11. The van der Waals surface area contributed by atoms with E-state index in [4.69, 9.17) is 44.8 Å². The number of hydrogen-bond donors (Lipinski definition) is 11. The smallest absolute Gasteiger partial charge is 0.199 e. The Balaban J connectivity index is 0.00000612.